The van der Waals surface area contributed by atoms with E-state index in [2.05, 4.69) is 42.8 Å². The fourth-order valence-corrected chi connectivity index (χ4v) is 3.07. The molecule has 1 rings (SSSR count). The molecule has 0 bridgehead atoms. The van der Waals surface area contributed by atoms with Crippen molar-refractivity contribution in [3.05, 3.63) is 0 Å². The lowest BCUT2D eigenvalue weighted by atomic mass is 10.1. The van der Waals surface area contributed by atoms with Crippen LogP contribution < -0.4 is 5.32 Å². The maximum Gasteiger partial charge on any atom is 0.0110 e. The average molecular weight is 284 g/mol. The Morgan fingerprint density at radius 2 is 1.65 bits per heavy atom. The third kappa shape index (κ3) is 7.61. The first-order valence-corrected chi connectivity index (χ1v) is 8.83. The van der Waals surface area contributed by atoms with Crippen LogP contribution in [0, 0.1) is 5.92 Å². The van der Waals surface area contributed by atoms with Crippen LogP contribution in [-0.4, -0.2) is 61.7 Å². The molecule has 3 nitrogen and oxygen atoms in total. The molecule has 1 saturated heterocycles. The number of nitrogens with one attached hydrogen (secondary N) is 1. The highest BCUT2D eigenvalue weighted by Gasteiger charge is 2.17. The minimum absolute atomic E-state index is 0.734. The summed E-state index contributed by atoms with van der Waals surface area (Å²) in [5.41, 5.74) is 0. The summed E-state index contributed by atoms with van der Waals surface area (Å²) in [7, 11) is 0. The van der Waals surface area contributed by atoms with Gasteiger partial charge in [0.25, 0.3) is 0 Å². The fraction of sp³-hybridized carbons (Fsp3) is 1.00. The largest absolute Gasteiger partial charge is 0.314 e. The third-order valence-corrected chi connectivity index (χ3v) is 4.29. The highest BCUT2D eigenvalue weighted by Crippen LogP contribution is 2.08. The summed E-state index contributed by atoms with van der Waals surface area (Å²) in [5, 5.41) is 3.66. The first-order valence-electron chi connectivity index (χ1n) is 8.83. The monoisotopic (exact) mass is 283 g/mol. The van der Waals surface area contributed by atoms with Crippen molar-refractivity contribution in [3.63, 3.8) is 0 Å². The molecule has 20 heavy (non-hydrogen) atoms. The van der Waals surface area contributed by atoms with Gasteiger partial charge in [-0.1, -0.05) is 27.7 Å². The van der Waals surface area contributed by atoms with E-state index in [1.54, 1.807) is 0 Å². The quantitative estimate of drug-likeness (QED) is 0.665. The highest BCUT2D eigenvalue weighted by molar-refractivity contribution is 4.73. The van der Waals surface area contributed by atoms with Gasteiger partial charge in [-0.15, -0.1) is 0 Å². The van der Waals surface area contributed by atoms with Crippen molar-refractivity contribution in [3.8, 4) is 0 Å². The van der Waals surface area contributed by atoms with Crippen LogP contribution >= 0.6 is 0 Å². The van der Waals surface area contributed by atoms with Crippen molar-refractivity contribution in [1.29, 1.82) is 0 Å². The molecular formula is C17H37N3. The van der Waals surface area contributed by atoms with E-state index in [9.17, 15) is 0 Å². The normalized spacial score (nSPS) is 19.6. The van der Waals surface area contributed by atoms with E-state index in [0.717, 1.165) is 12.0 Å². The van der Waals surface area contributed by atoms with E-state index in [0.29, 0.717) is 0 Å². The Bertz CT molecular complexity index is 222. The Labute approximate surface area is 127 Å². The maximum absolute atomic E-state index is 3.66. The van der Waals surface area contributed by atoms with Gasteiger partial charge in [-0.3, -0.25) is 0 Å². The van der Waals surface area contributed by atoms with Crippen molar-refractivity contribution < 1.29 is 0 Å². The van der Waals surface area contributed by atoms with Crippen molar-refractivity contribution in [2.45, 2.75) is 59.4 Å². The van der Waals surface area contributed by atoms with Crippen LogP contribution in [0.3, 0.4) is 0 Å². The van der Waals surface area contributed by atoms with E-state index >= 15 is 0 Å². The predicted octanol–water partition coefficient (Wildman–Crippen LogP) is 2.82. The van der Waals surface area contributed by atoms with Crippen molar-refractivity contribution >= 4 is 0 Å². The molecule has 3 heteroatoms. The van der Waals surface area contributed by atoms with Crippen LogP contribution in [0.4, 0.5) is 0 Å². The fourth-order valence-electron chi connectivity index (χ4n) is 3.07. The van der Waals surface area contributed by atoms with Crippen molar-refractivity contribution in [2.24, 2.45) is 5.92 Å². The van der Waals surface area contributed by atoms with E-state index < -0.39 is 0 Å². The lowest BCUT2D eigenvalue weighted by molar-refractivity contribution is 0.120. The molecule has 1 N–H and O–H groups in total. The Morgan fingerprint density at radius 1 is 1.00 bits per heavy atom. The van der Waals surface area contributed by atoms with Gasteiger partial charge < -0.3 is 15.1 Å². The van der Waals surface area contributed by atoms with Crippen LogP contribution in [0.25, 0.3) is 0 Å². The molecule has 0 radical (unpaired) electrons. The first-order chi connectivity index (χ1) is 9.65. The first kappa shape index (κ1) is 17.9. The molecule has 0 saturated carbocycles. The SMILES string of the molecule is CCCNC(CC)CCCN1CCN(CC(C)C)CC1. The molecule has 1 aliphatic rings. The Hall–Kier alpha value is -0.120. The van der Waals surface area contributed by atoms with Gasteiger partial charge in [-0.05, 0) is 44.7 Å². The molecule has 0 aromatic carbocycles. The van der Waals surface area contributed by atoms with Crippen LogP contribution in [0.5, 0.6) is 0 Å². The summed E-state index contributed by atoms with van der Waals surface area (Å²) in [4.78, 5) is 5.28. The van der Waals surface area contributed by atoms with Crippen LogP contribution in [0.1, 0.15) is 53.4 Å². The second-order valence-corrected chi connectivity index (χ2v) is 6.74. The van der Waals surface area contributed by atoms with E-state index in [1.165, 1.54) is 71.5 Å². The third-order valence-electron chi connectivity index (χ3n) is 4.29. The lowest BCUT2D eigenvalue weighted by Gasteiger charge is -2.35. The Balaban J connectivity index is 2.08. The summed E-state index contributed by atoms with van der Waals surface area (Å²) in [6.07, 6.45) is 5.19. The lowest BCUT2D eigenvalue weighted by Crippen LogP contribution is -2.47. The molecule has 0 aromatic heterocycles. The topological polar surface area (TPSA) is 18.5 Å². The van der Waals surface area contributed by atoms with Gasteiger partial charge in [0.05, 0.1) is 0 Å². The Morgan fingerprint density at radius 3 is 2.20 bits per heavy atom. The van der Waals surface area contributed by atoms with E-state index in [-0.39, 0.29) is 0 Å². The van der Waals surface area contributed by atoms with Gasteiger partial charge in [0.2, 0.25) is 0 Å². The number of piperazine rings is 1. The molecule has 0 aromatic rings. The number of rotatable bonds is 10. The van der Waals surface area contributed by atoms with E-state index in [1.807, 2.05) is 0 Å². The van der Waals surface area contributed by atoms with Gasteiger partial charge in [0.15, 0.2) is 0 Å². The second kappa shape index (κ2) is 10.6. The van der Waals surface area contributed by atoms with Crippen LogP contribution in [0.2, 0.25) is 0 Å². The smallest absolute Gasteiger partial charge is 0.0110 e. The molecule has 1 unspecified atom stereocenters. The molecule has 1 fully saturated rings. The number of hydrogen-bond acceptors (Lipinski definition) is 3. The van der Waals surface area contributed by atoms with Crippen molar-refractivity contribution in [1.82, 2.24) is 15.1 Å². The average Bonchev–Trinajstić information content (AvgIpc) is 2.44. The second-order valence-electron chi connectivity index (χ2n) is 6.74. The minimum atomic E-state index is 0.734. The predicted molar refractivity (Wildman–Crippen MR) is 89.3 cm³/mol. The van der Waals surface area contributed by atoms with Gasteiger partial charge in [-0.2, -0.15) is 0 Å². The highest BCUT2D eigenvalue weighted by atomic mass is 15.3. The molecular weight excluding hydrogens is 246 g/mol. The van der Waals surface area contributed by atoms with Crippen LogP contribution in [-0.2, 0) is 0 Å². The summed E-state index contributed by atoms with van der Waals surface area (Å²) >= 11 is 0. The summed E-state index contributed by atoms with van der Waals surface area (Å²) in [6, 6.07) is 0.734. The van der Waals surface area contributed by atoms with Gasteiger partial charge >= 0.3 is 0 Å². The molecule has 1 aliphatic heterocycles. The summed E-state index contributed by atoms with van der Waals surface area (Å²) in [5.74, 6) is 0.802. The number of nitrogens with zero attached hydrogens (tertiary/aromatic N) is 2. The zero-order valence-corrected chi connectivity index (χ0v) is 14.3. The maximum atomic E-state index is 3.66. The molecule has 0 amide bonds. The van der Waals surface area contributed by atoms with Gasteiger partial charge in [-0.25, -0.2) is 0 Å². The minimum Gasteiger partial charge on any atom is -0.314 e. The van der Waals surface area contributed by atoms with E-state index in [4.69, 9.17) is 0 Å². The summed E-state index contributed by atoms with van der Waals surface area (Å²) in [6.45, 7) is 18.0. The zero-order chi connectivity index (χ0) is 14.8. The standard InChI is InChI=1S/C17H37N3/c1-5-9-18-17(6-2)8-7-10-19-11-13-20(14-12-19)15-16(3)4/h16-18H,5-15H2,1-4H3. The summed E-state index contributed by atoms with van der Waals surface area (Å²) < 4.78 is 0. The van der Waals surface area contributed by atoms with Gasteiger partial charge in [0.1, 0.15) is 0 Å². The van der Waals surface area contributed by atoms with Gasteiger partial charge in [0, 0.05) is 38.8 Å². The Kier molecular flexibility index (Phi) is 9.49. The zero-order valence-electron chi connectivity index (χ0n) is 14.3. The molecule has 0 spiro atoms. The van der Waals surface area contributed by atoms with Crippen LogP contribution in [0.15, 0.2) is 0 Å². The molecule has 120 valence electrons. The molecule has 1 atom stereocenters. The number of hydrogen-bond donors (Lipinski definition) is 1. The molecule has 0 aliphatic carbocycles. The van der Waals surface area contributed by atoms with Crippen molar-refractivity contribution in [2.75, 3.05) is 45.8 Å². The molecule has 1 heterocycles.